The molecule has 4 heteroatoms. The summed E-state index contributed by atoms with van der Waals surface area (Å²) in [4.78, 5) is 0. The Morgan fingerprint density at radius 1 is 1.17 bits per heavy atom. The highest BCUT2D eigenvalue weighted by molar-refractivity contribution is 7.92. The van der Waals surface area contributed by atoms with Crippen LogP contribution in [-0.2, 0) is 16.3 Å². The summed E-state index contributed by atoms with van der Waals surface area (Å²) in [6.07, 6.45) is 2.22. The molecule has 0 amide bonds. The fourth-order valence-corrected chi connectivity index (χ4v) is 2.51. The predicted molar refractivity (Wildman–Crippen MR) is 77.8 cm³/mol. The van der Waals surface area contributed by atoms with Crippen LogP contribution in [0.4, 0.5) is 5.69 Å². The van der Waals surface area contributed by atoms with E-state index in [1.807, 2.05) is 12.1 Å². The van der Waals surface area contributed by atoms with E-state index in [1.165, 1.54) is 5.56 Å². The quantitative estimate of drug-likeness (QED) is 0.828. The van der Waals surface area contributed by atoms with Crippen LogP contribution in [0.3, 0.4) is 0 Å². The highest BCUT2D eigenvalue weighted by atomic mass is 32.2. The van der Waals surface area contributed by atoms with Crippen molar-refractivity contribution >= 4 is 15.5 Å². The summed E-state index contributed by atoms with van der Waals surface area (Å²) < 4.78 is 23.2. The molecule has 0 fully saturated rings. The molecular formula is C14H23NO2S. The third kappa shape index (κ3) is 4.69. The maximum absolute atomic E-state index is 11.6. The molecule has 1 rings (SSSR count). The van der Waals surface area contributed by atoms with Crippen molar-refractivity contribution in [2.45, 2.75) is 38.9 Å². The van der Waals surface area contributed by atoms with Crippen molar-refractivity contribution in [2.24, 2.45) is 0 Å². The fourth-order valence-electron chi connectivity index (χ4n) is 1.65. The molecule has 0 saturated carbocycles. The lowest BCUT2D eigenvalue weighted by Gasteiger charge is -2.10. The van der Waals surface area contributed by atoms with Crippen molar-refractivity contribution in [1.82, 2.24) is 0 Å². The van der Waals surface area contributed by atoms with Crippen molar-refractivity contribution in [3.63, 3.8) is 0 Å². The number of sulfone groups is 1. The largest absolute Gasteiger partial charge is 0.384 e. The number of hydrogen-bond donors (Lipinski definition) is 1. The second kappa shape index (κ2) is 6.78. The first-order valence-corrected chi connectivity index (χ1v) is 8.21. The molecule has 0 aromatic heterocycles. The molecule has 1 aromatic rings. The number of benzene rings is 1. The molecule has 0 radical (unpaired) electrons. The maximum atomic E-state index is 11.6. The molecule has 0 bridgehead atoms. The first-order valence-electron chi connectivity index (χ1n) is 6.50. The zero-order valence-corrected chi connectivity index (χ0v) is 12.3. The summed E-state index contributed by atoms with van der Waals surface area (Å²) in [7, 11) is -2.95. The van der Waals surface area contributed by atoms with Crippen LogP contribution in [0, 0.1) is 0 Å². The van der Waals surface area contributed by atoms with Gasteiger partial charge in [-0.05, 0) is 38.0 Å². The minimum atomic E-state index is -2.95. The van der Waals surface area contributed by atoms with Crippen molar-refractivity contribution in [2.75, 3.05) is 17.6 Å². The second-order valence-corrected chi connectivity index (χ2v) is 7.47. The summed E-state index contributed by atoms with van der Waals surface area (Å²) in [5.74, 6) is 0.182. The Morgan fingerprint density at radius 2 is 1.78 bits per heavy atom. The maximum Gasteiger partial charge on any atom is 0.154 e. The summed E-state index contributed by atoms with van der Waals surface area (Å²) in [5.41, 5.74) is 2.30. The highest BCUT2D eigenvalue weighted by Gasteiger charge is 2.14. The van der Waals surface area contributed by atoms with Gasteiger partial charge in [0.15, 0.2) is 9.84 Å². The van der Waals surface area contributed by atoms with Crippen LogP contribution >= 0.6 is 0 Å². The van der Waals surface area contributed by atoms with E-state index in [0.717, 1.165) is 18.5 Å². The standard InChI is InChI=1S/C14H23NO2S/c1-4-5-13-6-8-14(9-7-13)15-10-11-18(16,17)12(2)3/h6-9,12,15H,4-5,10-11H2,1-3H3. The molecule has 0 spiro atoms. The number of hydrogen-bond acceptors (Lipinski definition) is 3. The molecule has 18 heavy (non-hydrogen) atoms. The number of anilines is 1. The first-order chi connectivity index (χ1) is 8.45. The van der Waals surface area contributed by atoms with E-state index in [0.29, 0.717) is 6.54 Å². The van der Waals surface area contributed by atoms with Crippen molar-refractivity contribution in [1.29, 1.82) is 0 Å². The molecule has 1 N–H and O–H groups in total. The third-order valence-electron chi connectivity index (χ3n) is 2.93. The SMILES string of the molecule is CCCc1ccc(NCCS(=O)(=O)C(C)C)cc1. The van der Waals surface area contributed by atoms with Gasteiger partial charge in [0.05, 0.1) is 11.0 Å². The molecule has 102 valence electrons. The molecule has 0 saturated heterocycles. The van der Waals surface area contributed by atoms with E-state index in [1.54, 1.807) is 13.8 Å². The van der Waals surface area contributed by atoms with Gasteiger partial charge in [-0.25, -0.2) is 8.42 Å². The van der Waals surface area contributed by atoms with Crippen LogP contribution in [0.15, 0.2) is 24.3 Å². The Balaban J connectivity index is 2.45. The van der Waals surface area contributed by atoms with Crippen LogP contribution < -0.4 is 5.32 Å². The molecule has 0 heterocycles. The average molecular weight is 269 g/mol. The monoisotopic (exact) mass is 269 g/mol. The Bertz CT molecular complexity index is 449. The zero-order valence-electron chi connectivity index (χ0n) is 11.4. The molecule has 0 aliphatic heterocycles. The third-order valence-corrected chi connectivity index (χ3v) is 5.14. The van der Waals surface area contributed by atoms with Crippen LogP contribution in [0.5, 0.6) is 0 Å². The van der Waals surface area contributed by atoms with Crippen molar-refractivity contribution < 1.29 is 8.42 Å². The van der Waals surface area contributed by atoms with Gasteiger partial charge in [0.25, 0.3) is 0 Å². The van der Waals surface area contributed by atoms with E-state index in [9.17, 15) is 8.42 Å². The van der Waals surface area contributed by atoms with Gasteiger partial charge in [0, 0.05) is 12.2 Å². The van der Waals surface area contributed by atoms with Gasteiger partial charge < -0.3 is 5.32 Å². The summed E-state index contributed by atoms with van der Waals surface area (Å²) in [6, 6.07) is 8.19. The van der Waals surface area contributed by atoms with Gasteiger partial charge in [0.1, 0.15) is 0 Å². The van der Waals surface area contributed by atoms with Gasteiger partial charge in [-0.2, -0.15) is 0 Å². The van der Waals surface area contributed by atoms with E-state index in [-0.39, 0.29) is 11.0 Å². The number of nitrogens with one attached hydrogen (secondary N) is 1. The molecule has 1 aromatic carbocycles. The molecule has 0 unspecified atom stereocenters. The Morgan fingerprint density at radius 3 is 2.28 bits per heavy atom. The summed E-state index contributed by atoms with van der Waals surface area (Å²) in [6.45, 7) is 6.06. The molecule has 0 aliphatic carbocycles. The van der Waals surface area contributed by atoms with Gasteiger partial charge in [-0.1, -0.05) is 25.5 Å². The van der Waals surface area contributed by atoms with E-state index in [4.69, 9.17) is 0 Å². The Hall–Kier alpha value is -1.03. The lowest BCUT2D eigenvalue weighted by Crippen LogP contribution is -2.22. The second-order valence-electron chi connectivity index (χ2n) is 4.79. The predicted octanol–water partition coefficient (Wildman–Crippen LogP) is 2.87. The van der Waals surface area contributed by atoms with E-state index < -0.39 is 9.84 Å². The van der Waals surface area contributed by atoms with Crippen LogP contribution in [0.1, 0.15) is 32.8 Å². The normalized spacial score (nSPS) is 11.8. The minimum absolute atomic E-state index is 0.182. The highest BCUT2D eigenvalue weighted by Crippen LogP contribution is 2.11. The summed E-state index contributed by atoms with van der Waals surface area (Å²) in [5, 5.41) is 2.85. The fraction of sp³-hybridized carbons (Fsp3) is 0.571. The smallest absolute Gasteiger partial charge is 0.154 e. The Kier molecular flexibility index (Phi) is 5.66. The van der Waals surface area contributed by atoms with Crippen molar-refractivity contribution in [3.8, 4) is 0 Å². The van der Waals surface area contributed by atoms with E-state index >= 15 is 0 Å². The van der Waals surface area contributed by atoms with Crippen molar-refractivity contribution in [3.05, 3.63) is 29.8 Å². The van der Waals surface area contributed by atoms with Gasteiger partial charge in [-0.15, -0.1) is 0 Å². The van der Waals surface area contributed by atoms with Crippen LogP contribution in [-0.4, -0.2) is 26.0 Å². The first kappa shape index (κ1) is 15.0. The number of rotatable bonds is 7. The molecule has 3 nitrogen and oxygen atoms in total. The van der Waals surface area contributed by atoms with E-state index in [2.05, 4.69) is 24.4 Å². The topological polar surface area (TPSA) is 46.2 Å². The minimum Gasteiger partial charge on any atom is -0.384 e. The molecular weight excluding hydrogens is 246 g/mol. The molecule has 0 atom stereocenters. The lowest BCUT2D eigenvalue weighted by molar-refractivity contribution is 0.588. The zero-order chi connectivity index (χ0) is 13.6. The van der Waals surface area contributed by atoms with Crippen LogP contribution in [0.25, 0.3) is 0 Å². The van der Waals surface area contributed by atoms with Crippen LogP contribution in [0.2, 0.25) is 0 Å². The lowest BCUT2D eigenvalue weighted by atomic mass is 10.1. The van der Waals surface area contributed by atoms with Gasteiger partial charge in [0.2, 0.25) is 0 Å². The number of aryl methyl sites for hydroxylation is 1. The Labute approximate surface area is 111 Å². The molecule has 0 aliphatic rings. The van der Waals surface area contributed by atoms with Gasteiger partial charge in [-0.3, -0.25) is 0 Å². The summed E-state index contributed by atoms with van der Waals surface area (Å²) >= 11 is 0. The van der Waals surface area contributed by atoms with Gasteiger partial charge >= 0.3 is 0 Å². The average Bonchev–Trinajstić information content (AvgIpc) is 2.31.